The third-order valence-electron chi connectivity index (χ3n) is 4.21. The van der Waals surface area contributed by atoms with Crippen LogP contribution in [-0.2, 0) is 0 Å². The Bertz CT molecular complexity index is 1110. The van der Waals surface area contributed by atoms with E-state index >= 15 is 0 Å². The van der Waals surface area contributed by atoms with E-state index in [0.29, 0.717) is 11.4 Å². The van der Waals surface area contributed by atoms with Crippen LogP contribution in [0.25, 0.3) is 0 Å². The molecule has 29 heavy (non-hydrogen) atoms. The van der Waals surface area contributed by atoms with Crippen molar-refractivity contribution in [1.29, 1.82) is 0 Å². The standard InChI is InChI=1S/C21H16FN3O4/c1-13-18(9-4-10-19(13)25(28)29)21(27)24-16-7-2-5-14(11-16)20(26)23-17-8-3-6-15(22)12-17/h2-12H,1H3,(H,23,26)(H,24,27). The summed E-state index contributed by atoms with van der Waals surface area (Å²) in [5.74, 6) is -1.48. The van der Waals surface area contributed by atoms with Crippen LogP contribution in [0, 0.1) is 22.9 Å². The molecule has 146 valence electrons. The first-order chi connectivity index (χ1) is 13.8. The van der Waals surface area contributed by atoms with Gasteiger partial charge >= 0.3 is 0 Å². The number of amides is 2. The second kappa shape index (κ2) is 8.30. The zero-order valence-electron chi connectivity index (χ0n) is 15.3. The van der Waals surface area contributed by atoms with Crippen LogP contribution in [0.5, 0.6) is 0 Å². The molecule has 0 bridgehead atoms. The molecule has 0 saturated carbocycles. The van der Waals surface area contributed by atoms with E-state index < -0.39 is 22.6 Å². The van der Waals surface area contributed by atoms with Crippen LogP contribution >= 0.6 is 0 Å². The van der Waals surface area contributed by atoms with Crippen LogP contribution in [0.15, 0.2) is 66.7 Å². The van der Waals surface area contributed by atoms with Gasteiger partial charge in [-0.25, -0.2) is 4.39 Å². The molecule has 2 N–H and O–H groups in total. The Morgan fingerprint density at radius 2 is 1.52 bits per heavy atom. The molecule has 0 fully saturated rings. The summed E-state index contributed by atoms with van der Waals surface area (Å²) in [5.41, 5.74) is 1.15. The molecular formula is C21H16FN3O4. The Hall–Kier alpha value is -4.07. The van der Waals surface area contributed by atoms with Gasteiger partial charge in [0.2, 0.25) is 0 Å². The highest BCUT2D eigenvalue weighted by Crippen LogP contribution is 2.22. The lowest BCUT2D eigenvalue weighted by molar-refractivity contribution is -0.385. The SMILES string of the molecule is Cc1c(C(=O)Nc2cccc(C(=O)Nc3cccc(F)c3)c2)cccc1[N+](=O)[O-]. The van der Waals surface area contributed by atoms with E-state index in [2.05, 4.69) is 10.6 Å². The topological polar surface area (TPSA) is 101 Å². The van der Waals surface area contributed by atoms with Gasteiger partial charge in [0.25, 0.3) is 17.5 Å². The zero-order chi connectivity index (χ0) is 21.0. The van der Waals surface area contributed by atoms with Crippen molar-refractivity contribution in [2.75, 3.05) is 10.6 Å². The molecule has 3 aromatic rings. The molecule has 0 spiro atoms. The van der Waals surface area contributed by atoms with Crippen molar-refractivity contribution in [3.8, 4) is 0 Å². The van der Waals surface area contributed by atoms with Crippen LogP contribution in [0.4, 0.5) is 21.5 Å². The molecule has 0 unspecified atom stereocenters. The summed E-state index contributed by atoms with van der Waals surface area (Å²) >= 11 is 0. The largest absolute Gasteiger partial charge is 0.322 e. The second-order valence-electron chi connectivity index (χ2n) is 6.21. The first-order valence-electron chi connectivity index (χ1n) is 8.57. The lowest BCUT2D eigenvalue weighted by Crippen LogP contribution is -2.16. The van der Waals surface area contributed by atoms with E-state index in [1.54, 1.807) is 24.3 Å². The lowest BCUT2D eigenvalue weighted by Gasteiger charge is -2.10. The van der Waals surface area contributed by atoms with Gasteiger partial charge < -0.3 is 10.6 Å². The monoisotopic (exact) mass is 393 g/mol. The lowest BCUT2D eigenvalue weighted by atomic mass is 10.1. The summed E-state index contributed by atoms with van der Waals surface area (Å²) < 4.78 is 13.3. The third kappa shape index (κ3) is 4.62. The van der Waals surface area contributed by atoms with Crippen molar-refractivity contribution in [1.82, 2.24) is 0 Å². The molecule has 0 saturated heterocycles. The maximum Gasteiger partial charge on any atom is 0.273 e. The highest BCUT2D eigenvalue weighted by molar-refractivity contribution is 6.08. The number of carbonyl (C=O) groups is 2. The summed E-state index contributed by atoms with van der Waals surface area (Å²) in [7, 11) is 0. The molecule has 0 aliphatic carbocycles. The molecule has 3 aromatic carbocycles. The number of nitro groups is 1. The van der Waals surface area contributed by atoms with Gasteiger partial charge in [-0.1, -0.05) is 18.2 Å². The average molecular weight is 393 g/mol. The molecule has 0 atom stereocenters. The smallest absolute Gasteiger partial charge is 0.273 e. The maximum atomic E-state index is 13.3. The summed E-state index contributed by atoms with van der Waals surface area (Å²) in [4.78, 5) is 35.4. The van der Waals surface area contributed by atoms with Gasteiger partial charge in [-0.05, 0) is 49.4 Å². The Labute approximate surface area is 165 Å². The number of hydrogen-bond donors (Lipinski definition) is 2. The first-order valence-corrected chi connectivity index (χ1v) is 8.57. The number of nitro benzene ring substituents is 1. The Morgan fingerprint density at radius 3 is 2.21 bits per heavy atom. The number of benzene rings is 3. The Morgan fingerprint density at radius 1 is 0.897 bits per heavy atom. The van der Waals surface area contributed by atoms with Gasteiger partial charge in [0.1, 0.15) is 5.82 Å². The van der Waals surface area contributed by atoms with Crippen molar-refractivity contribution < 1.29 is 18.9 Å². The van der Waals surface area contributed by atoms with Crippen LogP contribution in [0.1, 0.15) is 26.3 Å². The summed E-state index contributed by atoms with van der Waals surface area (Å²) in [6, 6.07) is 15.9. The highest BCUT2D eigenvalue weighted by atomic mass is 19.1. The van der Waals surface area contributed by atoms with Crippen molar-refractivity contribution >= 4 is 28.9 Å². The number of nitrogens with zero attached hydrogens (tertiary/aromatic N) is 1. The van der Waals surface area contributed by atoms with Crippen molar-refractivity contribution in [2.24, 2.45) is 0 Å². The maximum absolute atomic E-state index is 13.3. The molecule has 0 aliphatic rings. The highest BCUT2D eigenvalue weighted by Gasteiger charge is 2.18. The average Bonchev–Trinajstić information content (AvgIpc) is 2.68. The van der Waals surface area contributed by atoms with E-state index in [4.69, 9.17) is 0 Å². The summed E-state index contributed by atoms with van der Waals surface area (Å²) in [5, 5.41) is 16.3. The van der Waals surface area contributed by atoms with Gasteiger partial charge in [0, 0.05) is 34.1 Å². The van der Waals surface area contributed by atoms with Gasteiger partial charge in [0.15, 0.2) is 0 Å². The summed E-state index contributed by atoms with van der Waals surface area (Å²) in [6.07, 6.45) is 0. The number of carbonyl (C=O) groups excluding carboxylic acids is 2. The molecule has 7 nitrogen and oxygen atoms in total. The first kappa shape index (κ1) is 19.7. The molecule has 0 radical (unpaired) electrons. The fraction of sp³-hybridized carbons (Fsp3) is 0.0476. The van der Waals surface area contributed by atoms with Crippen LogP contribution in [-0.4, -0.2) is 16.7 Å². The Balaban J connectivity index is 1.78. The Kier molecular flexibility index (Phi) is 5.64. The number of anilines is 2. The van der Waals surface area contributed by atoms with Gasteiger partial charge in [-0.15, -0.1) is 0 Å². The second-order valence-corrected chi connectivity index (χ2v) is 6.21. The van der Waals surface area contributed by atoms with E-state index in [1.165, 1.54) is 49.4 Å². The van der Waals surface area contributed by atoms with Crippen molar-refractivity contribution in [3.05, 3.63) is 99.4 Å². The predicted molar refractivity (Wildman–Crippen MR) is 107 cm³/mol. The minimum absolute atomic E-state index is 0.152. The fourth-order valence-corrected chi connectivity index (χ4v) is 2.77. The number of hydrogen-bond acceptors (Lipinski definition) is 4. The zero-order valence-corrected chi connectivity index (χ0v) is 15.3. The molecule has 3 rings (SSSR count). The molecule has 2 amide bonds. The fourth-order valence-electron chi connectivity index (χ4n) is 2.77. The van der Waals surface area contributed by atoms with Gasteiger partial charge in [0.05, 0.1) is 4.92 Å². The minimum Gasteiger partial charge on any atom is -0.322 e. The van der Waals surface area contributed by atoms with Gasteiger partial charge in [-0.2, -0.15) is 0 Å². The van der Waals surface area contributed by atoms with E-state index in [-0.39, 0.29) is 22.4 Å². The molecule has 0 heterocycles. The van der Waals surface area contributed by atoms with Crippen LogP contribution in [0.2, 0.25) is 0 Å². The van der Waals surface area contributed by atoms with E-state index in [0.717, 1.165) is 0 Å². The van der Waals surface area contributed by atoms with Crippen molar-refractivity contribution in [3.63, 3.8) is 0 Å². The van der Waals surface area contributed by atoms with Crippen LogP contribution < -0.4 is 10.6 Å². The van der Waals surface area contributed by atoms with E-state index in [9.17, 15) is 24.1 Å². The third-order valence-corrected chi connectivity index (χ3v) is 4.21. The molecule has 8 heteroatoms. The van der Waals surface area contributed by atoms with E-state index in [1.807, 2.05) is 0 Å². The van der Waals surface area contributed by atoms with Crippen molar-refractivity contribution in [2.45, 2.75) is 6.92 Å². The van der Waals surface area contributed by atoms with Gasteiger partial charge in [-0.3, -0.25) is 19.7 Å². The van der Waals surface area contributed by atoms with Crippen LogP contribution in [0.3, 0.4) is 0 Å². The normalized spacial score (nSPS) is 10.3. The summed E-state index contributed by atoms with van der Waals surface area (Å²) in [6.45, 7) is 1.50. The number of nitrogens with one attached hydrogen (secondary N) is 2. The number of rotatable bonds is 5. The minimum atomic E-state index is -0.552. The molecule has 0 aliphatic heterocycles. The molecular weight excluding hydrogens is 377 g/mol. The molecule has 0 aromatic heterocycles. The quantitative estimate of drug-likeness (QED) is 0.490. The predicted octanol–water partition coefficient (Wildman–Crippen LogP) is 4.55. The number of halogens is 1.